The Labute approximate surface area is 149 Å². The summed E-state index contributed by atoms with van der Waals surface area (Å²) >= 11 is 4.27. The quantitative estimate of drug-likeness (QED) is 0.269. The minimum atomic E-state index is 0.554. The second-order valence-corrected chi connectivity index (χ2v) is 8.80. The summed E-state index contributed by atoms with van der Waals surface area (Å²) in [6.07, 6.45) is 15.5. The maximum Gasteiger partial charge on any atom is 0.0656 e. The molecule has 3 heteroatoms. The van der Waals surface area contributed by atoms with Gasteiger partial charge >= 0.3 is 0 Å². The second kappa shape index (κ2) is 12.9. The molecule has 0 amide bonds. The normalized spacial score (nSPS) is 12.7. The lowest BCUT2D eigenvalue weighted by molar-refractivity contribution is 0.493. The molecule has 1 heterocycles. The van der Waals surface area contributed by atoms with Gasteiger partial charge in [0.25, 0.3) is 0 Å². The van der Waals surface area contributed by atoms with Gasteiger partial charge in [-0.1, -0.05) is 71.1 Å². The Morgan fingerprint density at radius 2 is 1.57 bits per heavy atom. The van der Waals surface area contributed by atoms with E-state index < -0.39 is 0 Å². The van der Waals surface area contributed by atoms with Gasteiger partial charge in [0.05, 0.1) is 2.88 Å². The van der Waals surface area contributed by atoms with Crippen molar-refractivity contribution in [3.8, 4) is 0 Å². The molecule has 21 heavy (non-hydrogen) atoms. The Morgan fingerprint density at radius 3 is 2.05 bits per heavy atom. The third kappa shape index (κ3) is 9.19. The minimum absolute atomic E-state index is 0.554. The molecule has 0 aliphatic heterocycles. The van der Waals surface area contributed by atoms with Crippen molar-refractivity contribution in [3.05, 3.63) is 19.9 Å². The zero-order valence-corrected chi connectivity index (χ0v) is 16.8. The Balaban J connectivity index is 1.98. The Morgan fingerprint density at radius 1 is 1.00 bits per heavy atom. The molecule has 0 aliphatic carbocycles. The van der Waals surface area contributed by atoms with E-state index >= 15 is 0 Å². The fraction of sp³-hybridized carbons (Fsp3) is 0.778. The van der Waals surface area contributed by atoms with Crippen molar-refractivity contribution in [1.29, 1.82) is 0 Å². The van der Waals surface area contributed by atoms with Crippen LogP contribution in [0.3, 0.4) is 0 Å². The molecule has 0 aliphatic rings. The molecular weight excluding hydrogens is 389 g/mol. The molecule has 0 aromatic carbocycles. The van der Waals surface area contributed by atoms with Gasteiger partial charge < -0.3 is 5.32 Å². The van der Waals surface area contributed by atoms with Crippen molar-refractivity contribution >= 4 is 33.9 Å². The molecule has 1 N–H and O–H groups in total. The Hall–Kier alpha value is 0.390. The standard InChI is InChI=1S/C18H32INS/c1-3-4-5-6-7-8-9-10-11-12-13-17(20-2)16-14-18(19)21-15-16/h14-15,17,20H,3-13H2,1-2H3. The first-order valence-corrected chi connectivity index (χ1v) is 10.6. The van der Waals surface area contributed by atoms with Crippen LogP contribution >= 0.6 is 33.9 Å². The predicted octanol–water partition coefficient (Wildman–Crippen LogP) is 6.92. The predicted molar refractivity (Wildman–Crippen MR) is 105 cm³/mol. The van der Waals surface area contributed by atoms with Crippen molar-refractivity contribution in [2.45, 2.75) is 83.6 Å². The number of nitrogens with one attached hydrogen (secondary N) is 1. The molecule has 0 fully saturated rings. The molecule has 1 aromatic heterocycles. The van der Waals surface area contributed by atoms with Crippen LogP contribution in [-0.2, 0) is 0 Å². The first kappa shape index (κ1) is 19.4. The summed E-state index contributed by atoms with van der Waals surface area (Å²) in [5, 5.41) is 5.77. The van der Waals surface area contributed by atoms with E-state index in [4.69, 9.17) is 0 Å². The number of rotatable bonds is 13. The summed E-state index contributed by atoms with van der Waals surface area (Å²) in [7, 11) is 2.09. The van der Waals surface area contributed by atoms with Crippen LogP contribution in [0.1, 0.15) is 89.2 Å². The zero-order valence-electron chi connectivity index (χ0n) is 13.8. The Bertz CT molecular complexity index is 351. The summed E-state index contributed by atoms with van der Waals surface area (Å²) in [6.45, 7) is 2.29. The molecule has 1 unspecified atom stereocenters. The third-order valence-corrected chi connectivity index (χ3v) is 5.99. The van der Waals surface area contributed by atoms with E-state index in [9.17, 15) is 0 Å². The van der Waals surface area contributed by atoms with Crippen molar-refractivity contribution in [3.63, 3.8) is 0 Å². The van der Waals surface area contributed by atoms with E-state index in [-0.39, 0.29) is 0 Å². The van der Waals surface area contributed by atoms with E-state index in [1.165, 1.54) is 79.1 Å². The van der Waals surface area contributed by atoms with Crippen LogP contribution in [0.25, 0.3) is 0 Å². The van der Waals surface area contributed by atoms with Gasteiger partial charge in [-0.3, -0.25) is 0 Å². The topological polar surface area (TPSA) is 12.0 Å². The molecular formula is C18H32INS. The fourth-order valence-corrected chi connectivity index (χ4v) is 4.25. The van der Waals surface area contributed by atoms with Crippen LogP contribution in [0.2, 0.25) is 0 Å². The third-order valence-electron chi connectivity index (χ3n) is 4.18. The van der Waals surface area contributed by atoms with E-state index in [1.54, 1.807) is 0 Å². The maximum absolute atomic E-state index is 3.47. The van der Waals surface area contributed by atoms with Gasteiger partial charge in [-0.05, 0) is 53.1 Å². The van der Waals surface area contributed by atoms with Crippen molar-refractivity contribution in [2.24, 2.45) is 0 Å². The first-order chi connectivity index (χ1) is 10.3. The van der Waals surface area contributed by atoms with Crippen LogP contribution in [0.15, 0.2) is 11.4 Å². The molecule has 0 saturated carbocycles. The molecule has 0 radical (unpaired) electrons. The average molecular weight is 421 g/mol. The summed E-state index contributed by atoms with van der Waals surface area (Å²) in [6, 6.07) is 2.88. The minimum Gasteiger partial charge on any atom is -0.313 e. The molecule has 1 nitrogen and oxygen atoms in total. The van der Waals surface area contributed by atoms with Gasteiger partial charge in [-0.25, -0.2) is 0 Å². The first-order valence-electron chi connectivity index (χ1n) is 8.69. The van der Waals surface area contributed by atoms with Gasteiger partial charge in [0.1, 0.15) is 0 Å². The molecule has 0 spiro atoms. The highest BCUT2D eigenvalue weighted by Crippen LogP contribution is 2.26. The summed E-state index contributed by atoms with van der Waals surface area (Å²) < 4.78 is 1.39. The van der Waals surface area contributed by atoms with E-state index in [1.807, 2.05) is 11.3 Å². The van der Waals surface area contributed by atoms with Crippen LogP contribution in [0.5, 0.6) is 0 Å². The number of hydrogen-bond donors (Lipinski definition) is 1. The van der Waals surface area contributed by atoms with Crippen LogP contribution < -0.4 is 5.32 Å². The Kier molecular flexibility index (Phi) is 11.9. The number of thiophene rings is 1. The van der Waals surface area contributed by atoms with Gasteiger partial charge in [-0.2, -0.15) is 0 Å². The largest absolute Gasteiger partial charge is 0.313 e. The molecule has 122 valence electrons. The lowest BCUT2D eigenvalue weighted by Gasteiger charge is -2.14. The van der Waals surface area contributed by atoms with E-state index in [0.29, 0.717) is 6.04 Å². The molecule has 1 rings (SSSR count). The van der Waals surface area contributed by atoms with Gasteiger partial charge in [-0.15, -0.1) is 11.3 Å². The van der Waals surface area contributed by atoms with Gasteiger partial charge in [0.15, 0.2) is 0 Å². The van der Waals surface area contributed by atoms with Crippen molar-refractivity contribution < 1.29 is 0 Å². The molecule has 0 bridgehead atoms. The second-order valence-electron chi connectivity index (χ2n) is 6.00. The number of halogens is 1. The zero-order chi connectivity index (χ0) is 15.3. The van der Waals surface area contributed by atoms with Crippen molar-refractivity contribution in [2.75, 3.05) is 7.05 Å². The maximum atomic E-state index is 3.47. The summed E-state index contributed by atoms with van der Waals surface area (Å²) in [5.41, 5.74) is 1.47. The molecule has 1 atom stereocenters. The number of hydrogen-bond acceptors (Lipinski definition) is 2. The van der Waals surface area contributed by atoms with Gasteiger partial charge in [0, 0.05) is 6.04 Å². The molecule has 0 saturated heterocycles. The SMILES string of the molecule is CCCCCCCCCCCCC(NC)c1csc(I)c1. The van der Waals surface area contributed by atoms with Crippen LogP contribution in [0.4, 0.5) is 0 Å². The van der Waals surface area contributed by atoms with Gasteiger partial charge in [0.2, 0.25) is 0 Å². The monoisotopic (exact) mass is 421 g/mol. The fourth-order valence-electron chi connectivity index (χ4n) is 2.82. The van der Waals surface area contributed by atoms with Crippen LogP contribution in [-0.4, -0.2) is 7.05 Å². The summed E-state index contributed by atoms with van der Waals surface area (Å²) in [4.78, 5) is 0. The lowest BCUT2D eigenvalue weighted by atomic mass is 10.0. The van der Waals surface area contributed by atoms with E-state index in [0.717, 1.165) is 0 Å². The van der Waals surface area contributed by atoms with Crippen molar-refractivity contribution in [1.82, 2.24) is 5.32 Å². The highest BCUT2D eigenvalue weighted by molar-refractivity contribution is 14.1. The summed E-state index contributed by atoms with van der Waals surface area (Å²) in [5.74, 6) is 0. The highest BCUT2D eigenvalue weighted by Gasteiger charge is 2.10. The highest BCUT2D eigenvalue weighted by atomic mass is 127. The average Bonchev–Trinajstić information content (AvgIpc) is 2.91. The lowest BCUT2D eigenvalue weighted by Crippen LogP contribution is -2.15. The number of unbranched alkanes of at least 4 members (excludes halogenated alkanes) is 9. The smallest absolute Gasteiger partial charge is 0.0656 e. The van der Waals surface area contributed by atoms with Crippen LogP contribution in [0, 0.1) is 2.88 Å². The molecule has 1 aromatic rings. The van der Waals surface area contributed by atoms with E-state index in [2.05, 4.69) is 53.3 Å².